The summed E-state index contributed by atoms with van der Waals surface area (Å²) in [7, 11) is 0. The predicted octanol–water partition coefficient (Wildman–Crippen LogP) is 4.56. The number of amides is 1. The van der Waals surface area contributed by atoms with Gasteiger partial charge in [-0.15, -0.1) is 11.8 Å². The van der Waals surface area contributed by atoms with Crippen LogP contribution in [0.3, 0.4) is 0 Å². The summed E-state index contributed by atoms with van der Waals surface area (Å²) in [6, 6.07) is 4.74. The van der Waals surface area contributed by atoms with Crippen molar-refractivity contribution in [3.8, 4) is 11.1 Å². The Kier molecular flexibility index (Phi) is 7.93. The molecule has 2 aromatic carbocycles. The minimum absolute atomic E-state index is 0.115. The average Bonchev–Trinajstić information content (AvgIpc) is 3.87. The van der Waals surface area contributed by atoms with E-state index < -0.39 is 11.6 Å². The second-order valence-corrected chi connectivity index (χ2v) is 13.6. The van der Waals surface area contributed by atoms with Crippen LogP contribution in [0.25, 0.3) is 22.0 Å². The van der Waals surface area contributed by atoms with Gasteiger partial charge in [0.2, 0.25) is 5.91 Å². The van der Waals surface area contributed by atoms with Crippen LogP contribution in [0.15, 0.2) is 40.5 Å². The van der Waals surface area contributed by atoms with Crippen LogP contribution in [-0.2, 0) is 4.79 Å². The summed E-state index contributed by atoms with van der Waals surface area (Å²) >= 11 is 7.75. The standard InChI is InChI=1S/C32H35ClF2N6O2S/c1-3-27(42)39-10-12-40(13-11-39)31-23-14-19(2)28(22-15-24(33)26(35)16-25(22)34)30-29(23)41(32(43)36-31)21(18-44-30)17-37-6-8-38(9-7-37)20-4-5-20/h3,14-16,20-21H,1,4-13,17-18H2,2H3/t21-/m0/s1. The molecule has 12 heteroatoms. The van der Waals surface area contributed by atoms with Gasteiger partial charge in [-0.05, 0) is 43.5 Å². The number of benzene rings is 2. The minimum atomic E-state index is -0.813. The number of nitrogens with zero attached hydrogens (tertiary/aromatic N) is 6. The van der Waals surface area contributed by atoms with Gasteiger partial charge < -0.3 is 9.80 Å². The smallest absolute Gasteiger partial charge is 0.350 e. The molecule has 3 fully saturated rings. The molecular formula is C32H35ClF2N6O2S. The highest BCUT2D eigenvalue weighted by atomic mass is 35.5. The van der Waals surface area contributed by atoms with Gasteiger partial charge in [0.15, 0.2) is 0 Å². The lowest BCUT2D eigenvalue weighted by Gasteiger charge is -2.39. The van der Waals surface area contributed by atoms with E-state index in [-0.39, 0.29) is 28.2 Å². The van der Waals surface area contributed by atoms with Gasteiger partial charge in [-0.2, -0.15) is 4.98 Å². The van der Waals surface area contributed by atoms with Crippen molar-refractivity contribution in [2.45, 2.75) is 36.7 Å². The molecule has 232 valence electrons. The zero-order valence-corrected chi connectivity index (χ0v) is 26.3. The second-order valence-electron chi connectivity index (χ2n) is 12.2. The van der Waals surface area contributed by atoms with Crippen LogP contribution in [-0.4, -0.2) is 101 Å². The van der Waals surface area contributed by atoms with Gasteiger partial charge in [0, 0.05) is 98.2 Å². The Morgan fingerprint density at radius 3 is 2.48 bits per heavy atom. The highest BCUT2D eigenvalue weighted by Gasteiger charge is 2.35. The largest absolute Gasteiger partial charge is 0.352 e. The van der Waals surface area contributed by atoms with Gasteiger partial charge in [-0.1, -0.05) is 18.2 Å². The van der Waals surface area contributed by atoms with E-state index in [0.29, 0.717) is 43.3 Å². The molecule has 1 amide bonds. The number of rotatable bonds is 6. The third-order valence-electron chi connectivity index (χ3n) is 9.41. The number of aromatic nitrogens is 2. The maximum atomic E-state index is 15.3. The summed E-state index contributed by atoms with van der Waals surface area (Å²) < 4.78 is 31.3. The summed E-state index contributed by atoms with van der Waals surface area (Å²) in [6.45, 7) is 12.2. The van der Waals surface area contributed by atoms with E-state index in [9.17, 15) is 14.0 Å². The number of carbonyl (C=O) groups is 1. The first kappa shape index (κ1) is 29.7. The summed E-state index contributed by atoms with van der Waals surface area (Å²) in [4.78, 5) is 40.4. The molecule has 1 aliphatic carbocycles. The molecule has 1 saturated carbocycles. The van der Waals surface area contributed by atoms with Crippen molar-refractivity contribution < 1.29 is 13.6 Å². The topological polar surface area (TPSA) is 64.9 Å². The first-order valence-corrected chi connectivity index (χ1v) is 16.6. The number of piperazine rings is 2. The van der Waals surface area contributed by atoms with E-state index >= 15 is 4.39 Å². The third kappa shape index (κ3) is 5.31. The summed E-state index contributed by atoms with van der Waals surface area (Å²) in [5, 5.41) is 0.658. The van der Waals surface area contributed by atoms with E-state index in [1.54, 1.807) is 21.2 Å². The molecule has 3 aromatic rings. The third-order valence-corrected chi connectivity index (χ3v) is 10.9. The van der Waals surface area contributed by atoms with E-state index in [2.05, 4.69) is 26.3 Å². The van der Waals surface area contributed by atoms with Crippen molar-refractivity contribution in [3.05, 3.63) is 63.6 Å². The first-order chi connectivity index (χ1) is 21.2. The molecule has 8 nitrogen and oxygen atoms in total. The van der Waals surface area contributed by atoms with Crippen LogP contribution in [0.5, 0.6) is 0 Å². The molecule has 0 spiro atoms. The lowest BCUT2D eigenvalue weighted by molar-refractivity contribution is -0.126. The predicted molar refractivity (Wildman–Crippen MR) is 171 cm³/mol. The first-order valence-electron chi connectivity index (χ1n) is 15.2. The van der Waals surface area contributed by atoms with Crippen LogP contribution in [0, 0.1) is 18.6 Å². The molecule has 0 bridgehead atoms. The Bertz CT molecular complexity index is 1710. The van der Waals surface area contributed by atoms with Crippen LogP contribution in [0.2, 0.25) is 5.02 Å². The lowest BCUT2D eigenvalue weighted by Crippen LogP contribution is -2.50. The van der Waals surface area contributed by atoms with Gasteiger partial charge in [0.25, 0.3) is 0 Å². The normalized spacial score (nSPS) is 21.2. The van der Waals surface area contributed by atoms with Crippen molar-refractivity contribution in [1.29, 1.82) is 0 Å². The Hall–Kier alpha value is -2.99. The van der Waals surface area contributed by atoms with Crippen molar-refractivity contribution in [2.75, 3.05) is 69.6 Å². The van der Waals surface area contributed by atoms with Crippen molar-refractivity contribution in [3.63, 3.8) is 0 Å². The second kappa shape index (κ2) is 11.7. The lowest BCUT2D eigenvalue weighted by atomic mass is 9.96. The molecule has 2 saturated heterocycles. The van der Waals surface area contributed by atoms with Gasteiger partial charge in [0.1, 0.15) is 17.5 Å². The minimum Gasteiger partial charge on any atom is -0.352 e. The molecule has 0 radical (unpaired) electrons. The van der Waals surface area contributed by atoms with E-state index in [1.165, 1.54) is 25.0 Å². The zero-order valence-electron chi connectivity index (χ0n) is 24.7. The highest BCUT2D eigenvalue weighted by molar-refractivity contribution is 7.99. The molecule has 0 N–H and O–H groups in total. The maximum absolute atomic E-state index is 15.3. The fourth-order valence-corrected chi connectivity index (χ4v) is 8.50. The number of aryl methyl sites for hydroxylation is 1. The molecule has 3 aliphatic heterocycles. The number of anilines is 1. The molecular weight excluding hydrogens is 606 g/mol. The Morgan fingerprint density at radius 1 is 1.07 bits per heavy atom. The van der Waals surface area contributed by atoms with Crippen LogP contribution < -0.4 is 10.6 Å². The van der Waals surface area contributed by atoms with Gasteiger partial charge in [0.05, 0.1) is 16.6 Å². The van der Waals surface area contributed by atoms with Gasteiger partial charge in [-0.3, -0.25) is 19.2 Å². The summed E-state index contributed by atoms with van der Waals surface area (Å²) in [6.07, 6.45) is 3.91. The van der Waals surface area contributed by atoms with Crippen LogP contribution in [0.1, 0.15) is 24.4 Å². The van der Waals surface area contributed by atoms with E-state index in [1.807, 2.05) is 13.0 Å². The average molecular weight is 641 g/mol. The Labute approximate surface area is 264 Å². The SMILES string of the molecule is C=CC(=O)N1CCN(c2nc(=O)n3c4c(c(-c5cc(Cl)c(F)cc5F)c(C)cc24)SC[C@@H]3CN2CCN(C3CC3)CC2)CC1. The number of thioether (sulfide) groups is 1. The number of hydrogen-bond donors (Lipinski definition) is 0. The van der Waals surface area contributed by atoms with Crippen molar-refractivity contribution >= 4 is 46.0 Å². The molecule has 4 heterocycles. The zero-order chi connectivity index (χ0) is 30.7. The molecule has 1 aromatic heterocycles. The monoisotopic (exact) mass is 640 g/mol. The fraction of sp³-hybridized carbons (Fsp3) is 0.469. The quantitative estimate of drug-likeness (QED) is 0.289. The molecule has 0 unspecified atom stereocenters. The summed E-state index contributed by atoms with van der Waals surface area (Å²) in [5.41, 5.74) is 1.99. The van der Waals surface area contributed by atoms with E-state index in [0.717, 1.165) is 66.2 Å². The Morgan fingerprint density at radius 2 is 1.80 bits per heavy atom. The molecule has 7 rings (SSSR count). The fourth-order valence-electron chi connectivity index (χ4n) is 6.96. The van der Waals surface area contributed by atoms with Crippen LogP contribution >= 0.6 is 23.4 Å². The maximum Gasteiger partial charge on any atom is 0.350 e. The Balaban J connectivity index is 1.33. The van der Waals surface area contributed by atoms with Crippen molar-refractivity contribution in [1.82, 2.24) is 24.3 Å². The molecule has 1 atom stereocenters. The number of halogens is 3. The van der Waals surface area contributed by atoms with Crippen molar-refractivity contribution in [2.24, 2.45) is 0 Å². The van der Waals surface area contributed by atoms with E-state index in [4.69, 9.17) is 11.6 Å². The van der Waals surface area contributed by atoms with Gasteiger partial charge >= 0.3 is 5.69 Å². The molecule has 4 aliphatic rings. The number of carbonyl (C=O) groups excluding carboxylic acids is 1. The van der Waals surface area contributed by atoms with Crippen LogP contribution in [0.4, 0.5) is 14.6 Å². The van der Waals surface area contributed by atoms with Gasteiger partial charge in [-0.25, -0.2) is 13.6 Å². The number of hydrogen-bond acceptors (Lipinski definition) is 7. The highest BCUT2D eigenvalue weighted by Crippen LogP contribution is 2.47. The molecule has 44 heavy (non-hydrogen) atoms. The summed E-state index contributed by atoms with van der Waals surface area (Å²) in [5.74, 6) is -0.437.